The average molecular weight is 322 g/mol. The van der Waals surface area contributed by atoms with Gasteiger partial charge in [0.15, 0.2) is 0 Å². The van der Waals surface area contributed by atoms with Crippen LogP contribution < -0.4 is 10.2 Å². The van der Waals surface area contributed by atoms with Gasteiger partial charge in [-0.2, -0.15) is 0 Å². The van der Waals surface area contributed by atoms with Crippen molar-refractivity contribution in [3.63, 3.8) is 0 Å². The molecule has 0 rings (SSSR count). The summed E-state index contributed by atoms with van der Waals surface area (Å²) in [5.41, 5.74) is -3.06. The largest absolute Gasteiger partial charge is 2.00 e. The van der Waals surface area contributed by atoms with Crippen molar-refractivity contribution >= 4 is 69.5 Å². The van der Waals surface area contributed by atoms with Gasteiger partial charge in [-0.1, -0.05) is 0 Å². The molecule has 0 aromatic carbocycles. The van der Waals surface area contributed by atoms with E-state index in [2.05, 4.69) is 4.74 Å². The van der Waals surface area contributed by atoms with Gasteiger partial charge in [0, 0.05) is 12.4 Å². The number of aliphatic hydroxyl groups is 1. The van der Waals surface area contributed by atoms with Gasteiger partial charge in [-0.25, -0.2) is 4.79 Å². The van der Waals surface area contributed by atoms with Crippen molar-refractivity contribution in [2.45, 2.75) is 18.4 Å². The van der Waals surface area contributed by atoms with Gasteiger partial charge >= 0.3 is 57.6 Å². The number of rotatable bonds is 5. The molecule has 0 fully saturated rings. The van der Waals surface area contributed by atoms with Crippen molar-refractivity contribution in [2.75, 3.05) is 0 Å². The van der Waals surface area contributed by atoms with Crippen molar-refractivity contribution in [1.82, 2.24) is 0 Å². The number of carbonyl (C=O) groups is 4. The third kappa shape index (κ3) is 7.28. The van der Waals surface area contributed by atoms with Crippen LogP contribution in [0.15, 0.2) is 0 Å². The zero-order valence-corrected chi connectivity index (χ0v) is 11.8. The second-order valence-corrected chi connectivity index (χ2v) is 2.78. The predicted molar refractivity (Wildman–Crippen MR) is 44.1 cm³/mol. The maximum Gasteiger partial charge on any atom is 2.00 e. The van der Waals surface area contributed by atoms with E-state index in [1.54, 1.807) is 0 Å². The van der Waals surface area contributed by atoms with Crippen LogP contribution in [0.4, 0.5) is 4.79 Å². The van der Waals surface area contributed by atoms with Crippen molar-refractivity contribution in [3.8, 4) is 0 Å². The predicted octanol–water partition coefficient (Wildman–Crippen LogP) is -4.16. The Morgan fingerprint density at radius 3 is 1.88 bits per heavy atom. The van der Waals surface area contributed by atoms with E-state index in [-0.39, 0.29) is 45.5 Å². The molecule has 2 N–H and O–H groups in total. The van der Waals surface area contributed by atoms with Gasteiger partial charge in [0.05, 0.1) is 12.4 Å². The summed E-state index contributed by atoms with van der Waals surface area (Å²) < 4.78 is 3.49. The molecule has 0 saturated heterocycles. The van der Waals surface area contributed by atoms with Crippen LogP contribution in [0.25, 0.3) is 0 Å². The van der Waals surface area contributed by atoms with E-state index in [0.717, 1.165) is 0 Å². The Morgan fingerprint density at radius 2 is 1.59 bits per heavy atom. The number of carboxylic acids is 2. The minimum absolute atomic E-state index is 0. The molecule has 0 aromatic heterocycles. The summed E-state index contributed by atoms with van der Waals surface area (Å²) in [5, 5.41) is 37.6. The van der Waals surface area contributed by atoms with Crippen LogP contribution in [-0.2, 0) is 19.1 Å². The van der Waals surface area contributed by atoms with E-state index in [1.807, 2.05) is 0 Å². The molecule has 0 aliphatic carbocycles. The third-order valence-electron chi connectivity index (χ3n) is 1.45. The minimum atomic E-state index is -3.06. The molecule has 9 nitrogen and oxygen atoms in total. The molecule has 0 radical (unpaired) electrons. The first-order valence-electron chi connectivity index (χ1n) is 3.74. The maximum absolute atomic E-state index is 10.7. The van der Waals surface area contributed by atoms with Gasteiger partial charge in [0.1, 0.15) is 5.60 Å². The number of ether oxygens (including phenoxy) is 1. The molecule has 1 atom stereocenters. The molecule has 0 aliphatic rings. The number of aliphatic carboxylic acids is 2. The summed E-state index contributed by atoms with van der Waals surface area (Å²) in [6, 6.07) is 0. The number of carbonyl (C=O) groups excluding carboxylic acids is 3. The first-order chi connectivity index (χ1) is 7.17. The van der Waals surface area contributed by atoms with Crippen LogP contribution >= 0.6 is 0 Å². The first kappa shape index (κ1) is 18.7. The molecule has 0 aliphatic heterocycles. The SMILES string of the molecule is O=C([O-])CC(O)(CC(=O)OC(=O)O)C(=O)[O-].[Sr+2]. The van der Waals surface area contributed by atoms with E-state index >= 15 is 0 Å². The van der Waals surface area contributed by atoms with Crippen molar-refractivity contribution in [2.24, 2.45) is 0 Å². The van der Waals surface area contributed by atoms with Crippen LogP contribution in [0, 0.1) is 0 Å². The third-order valence-corrected chi connectivity index (χ3v) is 1.45. The quantitative estimate of drug-likeness (QED) is 0.290. The Balaban J connectivity index is 0. The molecule has 0 heterocycles. The van der Waals surface area contributed by atoms with Gasteiger partial charge in [-0.15, -0.1) is 0 Å². The summed E-state index contributed by atoms with van der Waals surface area (Å²) in [6.07, 6.45) is -4.82. The number of hydrogen-bond donors (Lipinski definition) is 2. The normalized spacial score (nSPS) is 12.8. The van der Waals surface area contributed by atoms with Crippen LogP contribution in [0.5, 0.6) is 0 Å². The smallest absolute Gasteiger partial charge is 0.550 e. The van der Waals surface area contributed by atoms with Crippen molar-refractivity contribution in [3.05, 3.63) is 0 Å². The van der Waals surface area contributed by atoms with Crippen LogP contribution in [-0.4, -0.2) is 85.4 Å². The van der Waals surface area contributed by atoms with Gasteiger partial charge in [0.2, 0.25) is 0 Å². The van der Waals surface area contributed by atoms with E-state index in [9.17, 15) is 29.4 Å². The molecule has 0 saturated carbocycles. The number of hydrogen-bond acceptors (Lipinski definition) is 8. The van der Waals surface area contributed by atoms with Crippen LogP contribution in [0.2, 0.25) is 0 Å². The monoisotopic (exact) mass is 322 g/mol. The summed E-state index contributed by atoms with van der Waals surface area (Å²) in [6.45, 7) is 0. The Morgan fingerprint density at radius 1 is 1.12 bits per heavy atom. The number of carboxylic acid groups (broad SMARTS) is 3. The second kappa shape index (κ2) is 7.61. The van der Waals surface area contributed by atoms with Gasteiger partial charge < -0.3 is 34.8 Å². The first-order valence-corrected chi connectivity index (χ1v) is 3.74. The zero-order valence-electron chi connectivity index (χ0n) is 8.37. The molecule has 1 unspecified atom stereocenters. The molecule has 0 amide bonds. The number of esters is 1. The van der Waals surface area contributed by atoms with Crippen LogP contribution in [0.3, 0.4) is 0 Å². The van der Waals surface area contributed by atoms with Crippen molar-refractivity contribution < 1.29 is 44.3 Å². The van der Waals surface area contributed by atoms with Crippen molar-refractivity contribution in [1.29, 1.82) is 0 Å². The van der Waals surface area contributed by atoms with E-state index in [0.29, 0.717) is 0 Å². The fourth-order valence-electron chi connectivity index (χ4n) is 0.818. The molecule has 90 valence electrons. The van der Waals surface area contributed by atoms with E-state index < -0.39 is 42.5 Å². The molecule has 17 heavy (non-hydrogen) atoms. The van der Waals surface area contributed by atoms with Gasteiger partial charge in [0.25, 0.3) is 0 Å². The molecule has 0 bridgehead atoms. The fourth-order valence-corrected chi connectivity index (χ4v) is 0.818. The molecular weight excluding hydrogens is 316 g/mol. The molecular formula is C7H6O9Sr. The summed E-state index contributed by atoms with van der Waals surface area (Å²) in [7, 11) is 0. The molecule has 10 heteroatoms. The second-order valence-electron chi connectivity index (χ2n) is 2.78. The van der Waals surface area contributed by atoms with Crippen LogP contribution in [0.1, 0.15) is 12.8 Å². The zero-order chi connectivity index (χ0) is 12.9. The summed E-state index contributed by atoms with van der Waals surface area (Å²) in [5.74, 6) is -5.82. The summed E-state index contributed by atoms with van der Waals surface area (Å²) in [4.78, 5) is 41.0. The molecule has 0 spiro atoms. The Hall–Kier alpha value is -0.679. The Labute approximate surface area is 131 Å². The average Bonchev–Trinajstić information content (AvgIpc) is 1.98. The summed E-state index contributed by atoms with van der Waals surface area (Å²) >= 11 is 0. The van der Waals surface area contributed by atoms with Gasteiger partial charge in [-0.05, 0) is 0 Å². The maximum atomic E-state index is 10.7. The molecule has 0 aromatic rings. The standard InChI is InChI=1S/C7H8O9.Sr/c8-3(9)1-7(15,5(11)12)2-4(10)16-6(13)14;/h15H,1-2H2,(H,8,9)(H,11,12)(H,13,14);/q;+2/p-2. The Bertz CT molecular complexity index is 338. The fraction of sp³-hybridized carbons (Fsp3) is 0.429. The minimum Gasteiger partial charge on any atom is -0.550 e. The Kier molecular flexibility index (Phi) is 8.36. The van der Waals surface area contributed by atoms with Gasteiger partial charge in [-0.3, -0.25) is 4.79 Å². The topological polar surface area (TPSA) is 164 Å². The van der Waals surface area contributed by atoms with E-state index in [4.69, 9.17) is 10.2 Å². The van der Waals surface area contributed by atoms with E-state index in [1.165, 1.54) is 0 Å².